The first kappa shape index (κ1) is 20.7. The Balaban J connectivity index is 1.82. The molecule has 0 aliphatic carbocycles. The predicted molar refractivity (Wildman–Crippen MR) is 119 cm³/mol. The summed E-state index contributed by atoms with van der Waals surface area (Å²) in [6, 6.07) is 16.8. The van der Waals surface area contributed by atoms with Gasteiger partial charge in [-0.2, -0.15) is 0 Å². The van der Waals surface area contributed by atoms with Crippen molar-refractivity contribution in [2.75, 3.05) is 4.72 Å². The summed E-state index contributed by atoms with van der Waals surface area (Å²) in [6.07, 6.45) is 1.51. The van der Waals surface area contributed by atoms with Gasteiger partial charge in [0.2, 0.25) is 0 Å². The second-order valence-electron chi connectivity index (χ2n) is 7.36. The Hall–Kier alpha value is -2.01. The van der Waals surface area contributed by atoms with Gasteiger partial charge >= 0.3 is 0 Å². The van der Waals surface area contributed by atoms with Gasteiger partial charge in [0.15, 0.2) is 5.78 Å². The molecule has 3 rings (SSSR count). The summed E-state index contributed by atoms with van der Waals surface area (Å²) in [5.41, 5.74) is 3.01. The van der Waals surface area contributed by atoms with Gasteiger partial charge in [-0.25, -0.2) is 4.98 Å². The SMILES string of the molecule is CC(C)(C)c1ccc(SNc2ccc(Cl)cc2C(=O)c2ccnc(Cl)c2)cc1. The largest absolute Gasteiger partial charge is 0.325 e. The number of carbonyl (C=O) groups excluding carboxylic acids is 1. The van der Waals surface area contributed by atoms with E-state index in [9.17, 15) is 4.79 Å². The maximum atomic E-state index is 12.9. The molecule has 28 heavy (non-hydrogen) atoms. The van der Waals surface area contributed by atoms with Crippen LogP contribution in [0.5, 0.6) is 0 Å². The molecule has 3 nitrogen and oxygen atoms in total. The number of benzene rings is 2. The van der Waals surface area contributed by atoms with Crippen LogP contribution in [0, 0.1) is 0 Å². The van der Waals surface area contributed by atoms with Crippen LogP contribution in [0.2, 0.25) is 10.2 Å². The molecule has 0 aliphatic heterocycles. The lowest BCUT2D eigenvalue weighted by Gasteiger charge is -2.19. The monoisotopic (exact) mass is 430 g/mol. The maximum absolute atomic E-state index is 12.9. The van der Waals surface area contributed by atoms with E-state index in [4.69, 9.17) is 23.2 Å². The van der Waals surface area contributed by atoms with Gasteiger partial charge in [0.05, 0.1) is 5.69 Å². The van der Waals surface area contributed by atoms with Gasteiger partial charge in [-0.3, -0.25) is 4.79 Å². The van der Waals surface area contributed by atoms with Crippen molar-refractivity contribution in [2.24, 2.45) is 0 Å². The lowest BCUT2D eigenvalue weighted by molar-refractivity contribution is 0.103. The quantitative estimate of drug-likeness (QED) is 0.267. The number of ketones is 1. The molecule has 0 amide bonds. The van der Waals surface area contributed by atoms with E-state index in [0.29, 0.717) is 21.8 Å². The molecule has 1 aromatic heterocycles. The minimum atomic E-state index is -0.169. The predicted octanol–water partition coefficient (Wildman–Crippen LogP) is 7.04. The molecule has 1 heterocycles. The summed E-state index contributed by atoms with van der Waals surface area (Å²) in [5, 5.41) is 0.768. The first-order valence-corrected chi connectivity index (χ1v) is 10.3. The topological polar surface area (TPSA) is 42.0 Å². The van der Waals surface area contributed by atoms with E-state index in [1.54, 1.807) is 30.3 Å². The van der Waals surface area contributed by atoms with E-state index in [1.807, 2.05) is 0 Å². The molecule has 144 valence electrons. The molecule has 0 saturated heterocycles. The molecule has 0 fully saturated rings. The number of nitrogens with one attached hydrogen (secondary N) is 1. The molecular formula is C22H20Cl2N2OS. The van der Waals surface area contributed by atoms with E-state index in [0.717, 1.165) is 4.90 Å². The number of hydrogen-bond acceptors (Lipinski definition) is 4. The number of anilines is 1. The Morgan fingerprint density at radius 2 is 1.71 bits per heavy atom. The number of halogens is 2. The number of nitrogens with zero attached hydrogens (tertiary/aromatic N) is 1. The average molecular weight is 431 g/mol. The molecule has 6 heteroatoms. The van der Waals surface area contributed by atoms with Crippen molar-refractivity contribution in [3.63, 3.8) is 0 Å². The molecule has 0 unspecified atom stereocenters. The Morgan fingerprint density at radius 3 is 2.36 bits per heavy atom. The van der Waals surface area contributed by atoms with Crippen LogP contribution in [0.4, 0.5) is 5.69 Å². The molecular weight excluding hydrogens is 411 g/mol. The smallest absolute Gasteiger partial charge is 0.195 e. The third-order valence-corrected chi connectivity index (χ3v) is 5.49. The van der Waals surface area contributed by atoms with Crippen molar-refractivity contribution in [1.82, 2.24) is 4.98 Å². The molecule has 3 aromatic rings. The minimum Gasteiger partial charge on any atom is -0.325 e. The summed E-state index contributed by atoms with van der Waals surface area (Å²) in [5.74, 6) is -0.169. The maximum Gasteiger partial charge on any atom is 0.195 e. The van der Waals surface area contributed by atoms with E-state index in [2.05, 4.69) is 54.7 Å². The van der Waals surface area contributed by atoms with Crippen LogP contribution in [-0.4, -0.2) is 10.8 Å². The number of rotatable bonds is 5. The molecule has 0 bridgehead atoms. The highest BCUT2D eigenvalue weighted by atomic mass is 35.5. The van der Waals surface area contributed by atoms with Crippen LogP contribution in [0.15, 0.2) is 65.7 Å². The Morgan fingerprint density at radius 1 is 1.00 bits per heavy atom. The van der Waals surface area contributed by atoms with Gasteiger partial charge in [-0.15, -0.1) is 0 Å². The van der Waals surface area contributed by atoms with E-state index in [1.165, 1.54) is 23.7 Å². The number of aromatic nitrogens is 1. The molecule has 0 spiro atoms. The van der Waals surface area contributed by atoms with Crippen molar-refractivity contribution >= 4 is 46.6 Å². The fourth-order valence-electron chi connectivity index (χ4n) is 2.63. The highest BCUT2D eigenvalue weighted by Crippen LogP contribution is 2.30. The third kappa shape index (κ3) is 5.07. The average Bonchev–Trinajstić information content (AvgIpc) is 2.66. The number of hydrogen-bond donors (Lipinski definition) is 1. The van der Waals surface area contributed by atoms with E-state index < -0.39 is 0 Å². The molecule has 1 N–H and O–H groups in total. The molecule has 0 radical (unpaired) electrons. The number of carbonyl (C=O) groups is 1. The standard InChI is InChI=1S/C22H20Cl2N2OS/c1-22(2,3)15-4-7-17(8-5-15)28-26-19-9-6-16(23)13-18(19)21(27)14-10-11-25-20(24)12-14/h4-13,26H,1-3H3. The van der Waals surface area contributed by atoms with Crippen LogP contribution in [0.25, 0.3) is 0 Å². The van der Waals surface area contributed by atoms with Crippen LogP contribution in [-0.2, 0) is 5.41 Å². The van der Waals surface area contributed by atoms with Gasteiger partial charge in [0.1, 0.15) is 5.15 Å². The first-order valence-electron chi connectivity index (χ1n) is 8.73. The lowest BCUT2D eigenvalue weighted by Crippen LogP contribution is -2.10. The zero-order chi connectivity index (χ0) is 20.3. The highest BCUT2D eigenvalue weighted by molar-refractivity contribution is 8.00. The fraction of sp³-hybridized carbons (Fsp3) is 0.182. The Labute approximate surface area is 179 Å². The summed E-state index contributed by atoms with van der Waals surface area (Å²) in [4.78, 5) is 17.9. The fourth-order valence-corrected chi connectivity index (χ4v) is 3.65. The Kier molecular flexibility index (Phi) is 6.33. The zero-order valence-electron chi connectivity index (χ0n) is 15.8. The second-order valence-corrected chi connectivity index (χ2v) is 9.07. The van der Waals surface area contributed by atoms with Crippen molar-refractivity contribution in [2.45, 2.75) is 31.1 Å². The molecule has 0 aliphatic rings. The lowest BCUT2D eigenvalue weighted by atomic mass is 9.87. The van der Waals surface area contributed by atoms with Crippen LogP contribution < -0.4 is 4.72 Å². The van der Waals surface area contributed by atoms with E-state index in [-0.39, 0.29) is 16.4 Å². The second kappa shape index (κ2) is 8.56. The van der Waals surface area contributed by atoms with Crippen molar-refractivity contribution in [1.29, 1.82) is 0 Å². The molecule has 2 aromatic carbocycles. The zero-order valence-corrected chi connectivity index (χ0v) is 18.1. The summed E-state index contributed by atoms with van der Waals surface area (Å²) >= 11 is 13.5. The molecule has 0 saturated carbocycles. The van der Waals surface area contributed by atoms with Crippen molar-refractivity contribution in [3.8, 4) is 0 Å². The van der Waals surface area contributed by atoms with Crippen LogP contribution in [0.3, 0.4) is 0 Å². The summed E-state index contributed by atoms with van der Waals surface area (Å²) < 4.78 is 3.27. The Bertz CT molecular complexity index is 998. The number of pyridine rings is 1. The van der Waals surface area contributed by atoms with Crippen molar-refractivity contribution < 1.29 is 4.79 Å². The summed E-state index contributed by atoms with van der Waals surface area (Å²) in [7, 11) is 0. The highest BCUT2D eigenvalue weighted by Gasteiger charge is 2.16. The molecule has 0 atom stereocenters. The third-order valence-electron chi connectivity index (χ3n) is 4.21. The summed E-state index contributed by atoms with van der Waals surface area (Å²) in [6.45, 7) is 6.55. The van der Waals surface area contributed by atoms with E-state index >= 15 is 0 Å². The van der Waals surface area contributed by atoms with Gasteiger partial charge in [-0.1, -0.05) is 56.1 Å². The van der Waals surface area contributed by atoms with Crippen LogP contribution in [0.1, 0.15) is 42.3 Å². The van der Waals surface area contributed by atoms with Gasteiger partial charge in [-0.05, 0) is 65.4 Å². The first-order chi connectivity index (χ1) is 13.2. The van der Waals surface area contributed by atoms with Crippen LogP contribution >= 0.6 is 35.1 Å². The van der Waals surface area contributed by atoms with Gasteiger partial charge < -0.3 is 4.72 Å². The minimum absolute atomic E-state index is 0.109. The normalized spacial score (nSPS) is 11.3. The van der Waals surface area contributed by atoms with Gasteiger partial charge in [0.25, 0.3) is 0 Å². The van der Waals surface area contributed by atoms with Gasteiger partial charge in [0, 0.05) is 27.2 Å². The van der Waals surface area contributed by atoms with Crippen molar-refractivity contribution in [3.05, 3.63) is 87.7 Å².